The molecule has 0 bridgehead atoms. The highest BCUT2D eigenvalue weighted by molar-refractivity contribution is 7.71. The van der Waals surface area contributed by atoms with E-state index in [1.165, 1.54) is 16.9 Å². The van der Waals surface area contributed by atoms with Crippen molar-refractivity contribution in [2.24, 2.45) is 0 Å². The quantitative estimate of drug-likeness (QED) is 0.848. The fraction of sp³-hybridized carbons (Fsp3) is 0.500. The highest BCUT2D eigenvalue weighted by Crippen LogP contribution is 2.34. The largest absolute Gasteiger partial charge is 0.323 e. The van der Waals surface area contributed by atoms with E-state index >= 15 is 0 Å². The maximum Gasteiger partial charge on any atom is 0.263 e. The summed E-state index contributed by atoms with van der Waals surface area (Å²) in [5.74, 6) is 0. The van der Waals surface area contributed by atoms with Gasteiger partial charge in [0, 0.05) is 11.4 Å². The maximum absolute atomic E-state index is 12.4. The molecule has 2 aromatic rings. The van der Waals surface area contributed by atoms with Crippen molar-refractivity contribution in [1.82, 2.24) is 9.55 Å². The zero-order valence-corrected chi connectivity index (χ0v) is 11.3. The molecule has 0 saturated carbocycles. The van der Waals surface area contributed by atoms with Gasteiger partial charge in [-0.15, -0.1) is 11.3 Å². The summed E-state index contributed by atoms with van der Waals surface area (Å²) in [6.45, 7) is 2.76. The Bertz CT molecular complexity index is 693. The monoisotopic (exact) mass is 266 g/mol. The molecule has 1 aliphatic rings. The standard InChI is InChI=1S/C12H14N2OS2/c1-2-6-14-11(15)9-7-4-3-5-8(7)17-10(9)13-12(14)16/h2-6H2,1H3,(H,13,16). The maximum atomic E-state index is 12.4. The second kappa shape index (κ2) is 4.07. The first kappa shape index (κ1) is 11.2. The Morgan fingerprint density at radius 2 is 2.29 bits per heavy atom. The molecular formula is C12H14N2OS2. The molecule has 0 aromatic carbocycles. The van der Waals surface area contributed by atoms with Crippen molar-refractivity contribution < 1.29 is 0 Å². The van der Waals surface area contributed by atoms with E-state index in [4.69, 9.17) is 12.2 Å². The Labute approximate surface area is 108 Å². The first-order valence-electron chi connectivity index (χ1n) is 5.99. The molecule has 0 radical (unpaired) electrons. The van der Waals surface area contributed by atoms with E-state index in [0.717, 1.165) is 29.5 Å². The first-order valence-corrected chi connectivity index (χ1v) is 7.22. The number of H-pyrrole nitrogens is 1. The summed E-state index contributed by atoms with van der Waals surface area (Å²) in [5.41, 5.74) is 1.37. The Morgan fingerprint density at radius 1 is 1.47 bits per heavy atom. The van der Waals surface area contributed by atoms with E-state index in [9.17, 15) is 4.79 Å². The minimum Gasteiger partial charge on any atom is -0.323 e. The number of thiophene rings is 1. The molecule has 0 fully saturated rings. The van der Waals surface area contributed by atoms with E-state index < -0.39 is 0 Å². The van der Waals surface area contributed by atoms with Crippen LogP contribution in [0.25, 0.3) is 10.2 Å². The second-order valence-electron chi connectivity index (χ2n) is 4.45. The fourth-order valence-corrected chi connectivity index (χ4v) is 4.16. The summed E-state index contributed by atoms with van der Waals surface area (Å²) >= 11 is 6.96. The molecular weight excluding hydrogens is 252 g/mol. The predicted molar refractivity (Wildman–Crippen MR) is 73.6 cm³/mol. The van der Waals surface area contributed by atoms with Crippen molar-refractivity contribution in [2.45, 2.75) is 39.2 Å². The summed E-state index contributed by atoms with van der Waals surface area (Å²) in [6, 6.07) is 0. The fourth-order valence-electron chi connectivity index (χ4n) is 2.54. The van der Waals surface area contributed by atoms with Crippen molar-refractivity contribution in [2.75, 3.05) is 0 Å². The van der Waals surface area contributed by atoms with Gasteiger partial charge in [0.25, 0.3) is 5.56 Å². The van der Waals surface area contributed by atoms with Crippen LogP contribution in [0.2, 0.25) is 0 Å². The number of nitrogens with one attached hydrogen (secondary N) is 1. The van der Waals surface area contributed by atoms with Crippen LogP contribution in [0.3, 0.4) is 0 Å². The smallest absolute Gasteiger partial charge is 0.263 e. The van der Waals surface area contributed by atoms with Gasteiger partial charge in [-0.3, -0.25) is 9.36 Å². The van der Waals surface area contributed by atoms with Crippen LogP contribution in [-0.4, -0.2) is 9.55 Å². The molecule has 0 spiro atoms. The summed E-state index contributed by atoms with van der Waals surface area (Å²) in [5, 5.41) is 0.893. The molecule has 1 N–H and O–H groups in total. The SMILES string of the molecule is CCCn1c(=S)[nH]c2sc3c(c2c1=O)CCC3. The van der Waals surface area contributed by atoms with Gasteiger partial charge >= 0.3 is 0 Å². The Hall–Kier alpha value is -0.940. The van der Waals surface area contributed by atoms with Crippen LogP contribution < -0.4 is 5.56 Å². The van der Waals surface area contributed by atoms with Gasteiger partial charge in [-0.2, -0.15) is 0 Å². The third-order valence-electron chi connectivity index (χ3n) is 3.29. The zero-order chi connectivity index (χ0) is 12.0. The number of nitrogens with zero attached hydrogens (tertiary/aromatic N) is 1. The van der Waals surface area contributed by atoms with Gasteiger partial charge in [0.1, 0.15) is 4.83 Å². The minimum atomic E-state index is 0.102. The number of hydrogen-bond donors (Lipinski definition) is 1. The number of fused-ring (bicyclic) bond motifs is 3. The van der Waals surface area contributed by atoms with Gasteiger partial charge in [-0.05, 0) is 43.5 Å². The highest BCUT2D eigenvalue weighted by Gasteiger charge is 2.21. The number of aromatic nitrogens is 2. The van der Waals surface area contributed by atoms with E-state index in [1.54, 1.807) is 15.9 Å². The lowest BCUT2D eigenvalue weighted by atomic mass is 10.2. The minimum absolute atomic E-state index is 0.102. The Morgan fingerprint density at radius 3 is 3.06 bits per heavy atom. The predicted octanol–water partition coefficient (Wildman–Crippen LogP) is 3.02. The van der Waals surface area contributed by atoms with E-state index in [-0.39, 0.29) is 5.56 Å². The van der Waals surface area contributed by atoms with Gasteiger partial charge < -0.3 is 4.98 Å². The van der Waals surface area contributed by atoms with Crippen LogP contribution in [0.4, 0.5) is 0 Å². The third-order valence-corrected chi connectivity index (χ3v) is 4.82. The third kappa shape index (κ3) is 1.60. The second-order valence-corrected chi connectivity index (χ2v) is 5.94. The molecule has 0 atom stereocenters. The molecule has 17 heavy (non-hydrogen) atoms. The van der Waals surface area contributed by atoms with Gasteiger partial charge in [0.2, 0.25) is 0 Å². The van der Waals surface area contributed by atoms with Crippen molar-refractivity contribution >= 4 is 33.8 Å². The van der Waals surface area contributed by atoms with Crippen molar-refractivity contribution in [3.05, 3.63) is 25.6 Å². The van der Waals surface area contributed by atoms with Crippen LogP contribution in [0, 0.1) is 4.77 Å². The van der Waals surface area contributed by atoms with E-state index in [0.29, 0.717) is 11.3 Å². The van der Waals surface area contributed by atoms with E-state index in [2.05, 4.69) is 11.9 Å². The topological polar surface area (TPSA) is 37.8 Å². The van der Waals surface area contributed by atoms with Crippen LogP contribution in [0.15, 0.2) is 4.79 Å². The molecule has 0 saturated heterocycles. The lowest BCUT2D eigenvalue weighted by molar-refractivity contribution is 0.638. The molecule has 90 valence electrons. The van der Waals surface area contributed by atoms with Crippen molar-refractivity contribution in [1.29, 1.82) is 0 Å². The molecule has 1 aliphatic carbocycles. The van der Waals surface area contributed by atoms with Crippen molar-refractivity contribution in [3.8, 4) is 0 Å². The Kier molecular flexibility index (Phi) is 2.67. The molecule has 0 unspecified atom stereocenters. The van der Waals surface area contributed by atoms with Crippen LogP contribution in [0.1, 0.15) is 30.2 Å². The van der Waals surface area contributed by atoms with Gasteiger partial charge in [0.05, 0.1) is 5.39 Å². The van der Waals surface area contributed by atoms with Crippen LogP contribution in [-0.2, 0) is 19.4 Å². The van der Waals surface area contributed by atoms with Gasteiger partial charge in [-0.1, -0.05) is 6.92 Å². The van der Waals surface area contributed by atoms with Gasteiger partial charge in [-0.25, -0.2) is 0 Å². The normalized spacial score (nSPS) is 14.4. The van der Waals surface area contributed by atoms with Crippen LogP contribution >= 0.6 is 23.6 Å². The first-order chi connectivity index (χ1) is 8.22. The lowest BCUT2D eigenvalue weighted by Crippen LogP contribution is -2.22. The number of rotatable bonds is 2. The molecule has 3 nitrogen and oxygen atoms in total. The lowest BCUT2D eigenvalue weighted by Gasteiger charge is -2.04. The number of hydrogen-bond acceptors (Lipinski definition) is 3. The summed E-state index contributed by atoms with van der Waals surface area (Å²) in [7, 11) is 0. The average molecular weight is 266 g/mol. The summed E-state index contributed by atoms with van der Waals surface area (Å²) in [4.78, 5) is 18.0. The van der Waals surface area contributed by atoms with Crippen LogP contribution in [0.5, 0.6) is 0 Å². The zero-order valence-electron chi connectivity index (χ0n) is 9.71. The molecule has 0 aliphatic heterocycles. The summed E-state index contributed by atoms with van der Waals surface area (Å²) in [6.07, 6.45) is 4.26. The average Bonchev–Trinajstić information content (AvgIpc) is 2.83. The highest BCUT2D eigenvalue weighted by atomic mass is 32.1. The molecule has 2 aromatic heterocycles. The Balaban J connectivity index is 2.39. The number of aryl methyl sites for hydroxylation is 2. The van der Waals surface area contributed by atoms with Crippen molar-refractivity contribution in [3.63, 3.8) is 0 Å². The van der Waals surface area contributed by atoms with Gasteiger partial charge in [0.15, 0.2) is 4.77 Å². The summed E-state index contributed by atoms with van der Waals surface area (Å²) < 4.78 is 2.26. The number of aromatic amines is 1. The molecule has 2 heterocycles. The molecule has 0 amide bonds. The van der Waals surface area contributed by atoms with E-state index in [1.807, 2.05) is 0 Å². The molecule has 5 heteroatoms. The molecule has 3 rings (SSSR count).